The molecule has 1 amide bonds. The quantitative estimate of drug-likeness (QED) is 0.564. The van der Waals surface area contributed by atoms with Gasteiger partial charge in [-0.15, -0.1) is 10.2 Å². The van der Waals surface area contributed by atoms with Gasteiger partial charge >= 0.3 is 12.1 Å². The zero-order chi connectivity index (χ0) is 24.3. The van der Waals surface area contributed by atoms with E-state index in [9.17, 15) is 26.7 Å². The number of hydrogen-bond donors (Lipinski definition) is 2. The predicted molar refractivity (Wildman–Crippen MR) is 106 cm³/mol. The molecule has 0 radical (unpaired) electrons. The van der Waals surface area contributed by atoms with Gasteiger partial charge in [0.05, 0.1) is 5.56 Å². The van der Waals surface area contributed by atoms with Gasteiger partial charge in [-0.3, -0.25) is 9.20 Å². The second kappa shape index (κ2) is 9.48. The molecule has 4 rings (SSSR count). The molecule has 8 nitrogen and oxygen atoms in total. The third kappa shape index (κ3) is 5.08. The van der Waals surface area contributed by atoms with Crippen molar-refractivity contribution in [3.05, 3.63) is 59.5 Å². The van der Waals surface area contributed by atoms with Crippen LogP contribution in [0, 0.1) is 0 Å². The summed E-state index contributed by atoms with van der Waals surface area (Å²) in [6.07, 6.45) is -5.70. The second-order valence-corrected chi connectivity index (χ2v) is 7.06. The lowest BCUT2D eigenvalue weighted by molar-refractivity contribution is -0.192. The van der Waals surface area contributed by atoms with Crippen molar-refractivity contribution in [1.82, 2.24) is 14.6 Å². The van der Waals surface area contributed by atoms with Gasteiger partial charge in [0, 0.05) is 24.3 Å². The van der Waals surface area contributed by atoms with E-state index in [0.29, 0.717) is 18.7 Å². The van der Waals surface area contributed by atoms with E-state index in [4.69, 9.17) is 15.6 Å². The number of aromatic nitrogens is 3. The molecule has 3 heterocycles. The molecule has 1 aliphatic rings. The second-order valence-electron chi connectivity index (χ2n) is 7.06. The molecule has 3 N–H and O–H groups in total. The predicted octanol–water partition coefficient (Wildman–Crippen LogP) is 3.39. The van der Waals surface area contributed by atoms with Crippen LogP contribution in [0.1, 0.15) is 40.5 Å². The number of anilines is 1. The standard InChI is InChI=1S/C18H17F2N5O.C2HF3O2/c19-16(20)17-23-22-15-6-5-12(10-25(15)17)18(26)24-9-11(7-8-21)13-3-1-2-4-14(13)24;3-2(4,5)1(6)7/h1-6,10-11,16H,7-9,21H2;(H,6,7). The lowest BCUT2D eigenvalue weighted by Gasteiger charge is -2.18. The van der Waals surface area contributed by atoms with Crippen LogP contribution in [0.5, 0.6) is 0 Å². The Balaban J connectivity index is 0.000000383. The number of amides is 1. The van der Waals surface area contributed by atoms with Crippen LogP contribution >= 0.6 is 0 Å². The smallest absolute Gasteiger partial charge is 0.475 e. The number of aliphatic carboxylic acids is 1. The van der Waals surface area contributed by atoms with Gasteiger partial charge in [0.15, 0.2) is 5.65 Å². The first-order chi connectivity index (χ1) is 15.5. The molecule has 1 unspecified atom stereocenters. The number of nitrogens with two attached hydrogens (primary N) is 1. The molecule has 0 fully saturated rings. The van der Waals surface area contributed by atoms with Crippen molar-refractivity contribution in [2.75, 3.05) is 18.0 Å². The first-order valence-corrected chi connectivity index (χ1v) is 9.58. The highest BCUT2D eigenvalue weighted by molar-refractivity contribution is 6.07. The molecule has 13 heteroatoms. The van der Waals surface area contributed by atoms with Crippen molar-refractivity contribution in [3.8, 4) is 0 Å². The molecule has 2 aromatic heterocycles. The number of rotatable bonds is 4. The summed E-state index contributed by atoms with van der Waals surface area (Å²) >= 11 is 0. The first kappa shape index (κ1) is 24.0. The van der Waals surface area contributed by atoms with Crippen molar-refractivity contribution in [3.63, 3.8) is 0 Å². The molecule has 3 aromatic rings. The van der Waals surface area contributed by atoms with Crippen molar-refractivity contribution < 1.29 is 36.6 Å². The van der Waals surface area contributed by atoms with Crippen molar-refractivity contribution in [2.45, 2.75) is 24.9 Å². The number of halogens is 5. The molecule has 33 heavy (non-hydrogen) atoms. The highest BCUT2D eigenvalue weighted by Gasteiger charge is 2.38. The number of carbonyl (C=O) groups excluding carboxylic acids is 1. The number of fused-ring (bicyclic) bond motifs is 2. The van der Waals surface area contributed by atoms with Gasteiger partial charge in [0.1, 0.15) is 0 Å². The lowest BCUT2D eigenvalue weighted by atomic mass is 9.98. The Morgan fingerprint density at radius 3 is 2.42 bits per heavy atom. The number of hydrogen-bond acceptors (Lipinski definition) is 5. The Morgan fingerprint density at radius 1 is 1.15 bits per heavy atom. The number of para-hydroxylation sites is 1. The normalized spacial score (nSPS) is 15.4. The number of carbonyl (C=O) groups is 2. The number of carboxylic acids is 1. The van der Waals surface area contributed by atoms with Crippen LogP contribution in [0.15, 0.2) is 42.6 Å². The van der Waals surface area contributed by atoms with Gasteiger partial charge in [0.2, 0.25) is 5.82 Å². The minimum absolute atomic E-state index is 0.176. The minimum Gasteiger partial charge on any atom is -0.475 e. The van der Waals surface area contributed by atoms with Crippen LogP contribution < -0.4 is 10.6 Å². The van der Waals surface area contributed by atoms with E-state index in [-0.39, 0.29) is 17.5 Å². The maximum Gasteiger partial charge on any atom is 0.490 e. The summed E-state index contributed by atoms with van der Waals surface area (Å²) in [7, 11) is 0. The van der Waals surface area contributed by atoms with E-state index >= 15 is 0 Å². The summed E-state index contributed by atoms with van der Waals surface area (Å²) in [5.74, 6) is -3.30. The fraction of sp³-hybridized carbons (Fsp3) is 0.300. The molecule has 1 atom stereocenters. The highest BCUT2D eigenvalue weighted by Crippen LogP contribution is 2.38. The zero-order valence-electron chi connectivity index (χ0n) is 16.8. The number of alkyl halides is 5. The van der Waals surface area contributed by atoms with Crippen LogP contribution in [-0.2, 0) is 4.79 Å². The number of pyridine rings is 1. The third-order valence-electron chi connectivity index (χ3n) is 4.94. The molecule has 0 saturated carbocycles. The van der Waals surface area contributed by atoms with E-state index < -0.39 is 24.4 Å². The molecular formula is C20H18F5N5O3. The SMILES string of the molecule is NCCC1CN(C(=O)c2ccc3nnc(C(F)F)n3c2)c2ccccc21.O=C(O)C(F)(F)F. The Labute approximate surface area is 183 Å². The van der Waals surface area contributed by atoms with E-state index in [1.165, 1.54) is 12.3 Å². The summed E-state index contributed by atoms with van der Waals surface area (Å²) in [6.45, 7) is 1.06. The van der Waals surface area contributed by atoms with Crippen LogP contribution in [0.25, 0.3) is 5.65 Å². The van der Waals surface area contributed by atoms with Gasteiger partial charge in [-0.1, -0.05) is 18.2 Å². The maximum absolute atomic E-state index is 13.1. The minimum atomic E-state index is -5.08. The van der Waals surface area contributed by atoms with E-state index in [1.807, 2.05) is 24.3 Å². The Kier molecular flexibility index (Phi) is 6.91. The van der Waals surface area contributed by atoms with Gasteiger partial charge in [-0.05, 0) is 36.7 Å². The topological polar surface area (TPSA) is 114 Å². The van der Waals surface area contributed by atoms with Crippen LogP contribution in [-0.4, -0.2) is 50.8 Å². The maximum atomic E-state index is 13.1. The molecular weight excluding hydrogens is 453 g/mol. The Morgan fingerprint density at radius 2 is 1.82 bits per heavy atom. The molecule has 0 spiro atoms. The summed E-state index contributed by atoms with van der Waals surface area (Å²) in [5.41, 5.74) is 8.22. The largest absolute Gasteiger partial charge is 0.490 e. The van der Waals surface area contributed by atoms with Crippen LogP contribution in [0.4, 0.5) is 27.6 Å². The first-order valence-electron chi connectivity index (χ1n) is 9.58. The summed E-state index contributed by atoms with van der Waals surface area (Å²) in [4.78, 5) is 23.6. The van der Waals surface area contributed by atoms with Gasteiger partial charge in [0.25, 0.3) is 12.3 Å². The van der Waals surface area contributed by atoms with Crippen LogP contribution in [0.2, 0.25) is 0 Å². The fourth-order valence-electron chi connectivity index (χ4n) is 3.48. The van der Waals surface area contributed by atoms with Crippen molar-refractivity contribution >= 4 is 23.2 Å². The number of nitrogens with zero attached hydrogens (tertiary/aromatic N) is 4. The molecule has 1 aliphatic heterocycles. The van der Waals surface area contributed by atoms with Gasteiger partial charge < -0.3 is 15.7 Å². The summed E-state index contributed by atoms with van der Waals surface area (Å²) in [6, 6.07) is 10.8. The van der Waals surface area contributed by atoms with Crippen molar-refractivity contribution in [2.24, 2.45) is 5.73 Å². The van der Waals surface area contributed by atoms with Crippen LogP contribution in [0.3, 0.4) is 0 Å². The lowest BCUT2D eigenvalue weighted by Crippen LogP contribution is -2.30. The van der Waals surface area contributed by atoms with Crippen molar-refractivity contribution in [1.29, 1.82) is 0 Å². The fourth-order valence-corrected chi connectivity index (χ4v) is 3.48. The molecule has 1 aromatic carbocycles. The highest BCUT2D eigenvalue weighted by atomic mass is 19.4. The number of benzene rings is 1. The van der Waals surface area contributed by atoms with E-state index in [1.54, 1.807) is 11.0 Å². The molecule has 0 bridgehead atoms. The summed E-state index contributed by atoms with van der Waals surface area (Å²) < 4.78 is 59.0. The molecule has 0 aliphatic carbocycles. The average molecular weight is 471 g/mol. The Hall–Kier alpha value is -3.61. The summed E-state index contributed by atoms with van der Waals surface area (Å²) in [5, 5.41) is 14.3. The molecule has 176 valence electrons. The zero-order valence-corrected chi connectivity index (χ0v) is 16.8. The average Bonchev–Trinajstić information content (AvgIpc) is 3.35. The monoisotopic (exact) mass is 471 g/mol. The van der Waals surface area contributed by atoms with E-state index in [2.05, 4.69) is 10.2 Å². The number of carboxylic acid groups (broad SMARTS) is 1. The third-order valence-corrected chi connectivity index (χ3v) is 4.94. The molecule has 0 saturated heterocycles. The van der Waals surface area contributed by atoms with Gasteiger partial charge in [-0.25, -0.2) is 13.6 Å². The van der Waals surface area contributed by atoms with E-state index in [0.717, 1.165) is 22.1 Å². The Bertz CT molecular complexity index is 1160. The van der Waals surface area contributed by atoms with Gasteiger partial charge in [-0.2, -0.15) is 13.2 Å².